The second-order valence-electron chi connectivity index (χ2n) is 18.4. The summed E-state index contributed by atoms with van der Waals surface area (Å²) in [6, 6.07) is 0. The predicted molar refractivity (Wildman–Crippen MR) is 258 cm³/mol. The number of hydrogen-bond acceptors (Lipinski definition) is 11. The van der Waals surface area contributed by atoms with E-state index >= 15 is 0 Å². The standard InChI is InChI=1S/C51H97O12P/c1-3-5-7-9-11-13-15-17-19-21-22-23-25-27-29-31-33-35-37-39-41-60-42-44(43-61-64(58,59)63-51-49(56)47(54)46(53)48(55)50(51)57)62-45(52)40-38-36-34-32-30-28-26-24-20-18-16-14-12-10-8-6-4-2/h11,13,17,19,44,46-51,53-57H,3-10,12,14-16,18,20-43H2,1-2H3,(H,58,59)/b13-11-,19-17-. The zero-order valence-electron chi connectivity index (χ0n) is 40.6. The van der Waals surface area contributed by atoms with Crippen LogP contribution in [0.5, 0.6) is 0 Å². The van der Waals surface area contributed by atoms with Crippen molar-refractivity contribution in [3.8, 4) is 0 Å². The van der Waals surface area contributed by atoms with Crippen molar-refractivity contribution in [2.75, 3.05) is 19.8 Å². The van der Waals surface area contributed by atoms with Crippen molar-refractivity contribution in [1.29, 1.82) is 0 Å². The SMILES string of the molecule is CCCCC/C=C\C/C=C\CCCCCCCCCCCCOCC(COP(=O)(O)OC1C(O)C(O)C(O)C(O)C1O)OC(=O)CCCCCCCCCCCCCCCCCCC. The average Bonchev–Trinajstić information content (AvgIpc) is 3.28. The molecule has 0 aromatic rings. The van der Waals surface area contributed by atoms with E-state index in [0.717, 1.165) is 44.9 Å². The van der Waals surface area contributed by atoms with Gasteiger partial charge in [-0.25, -0.2) is 4.57 Å². The zero-order chi connectivity index (χ0) is 46.9. The molecule has 64 heavy (non-hydrogen) atoms. The number of unbranched alkanes of at least 4 members (excludes halogenated alkanes) is 29. The molecule has 0 spiro atoms. The van der Waals surface area contributed by atoms with Gasteiger partial charge < -0.3 is 39.9 Å². The lowest BCUT2D eigenvalue weighted by Crippen LogP contribution is -2.64. The number of rotatable bonds is 45. The van der Waals surface area contributed by atoms with E-state index in [-0.39, 0.29) is 13.0 Å². The quantitative estimate of drug-likeness (QED) is 0.0147. The first-order valence-corrected chi connectivity index (χ1v) is 27.7. The molecule has 6 N–H and O–H groups in total. The number of aliphatic hydroxyl groups is 5. The molecule has 0 aromatic heterocycles. The maximum Gasteiger partial charge on any atom is 0.472 e. The summed E-state index contributed by atoms with van der Waals surface area (Å²) in [6.45, 7) is 4.27. The minimum atomic E-state index is -5.02. The van der Waals surface area contributed by atoms with Gasteiger partial charge in [0.2, 0.25) is 0 Å². The van der Waals surface area contributed by atoms with Gasteiger partial charge in [0.1, 0.15) is 42.7 Å². The van der Waals surface area contributed by atoms with Crippen molar-refractivity contribution in [2.45, 2.75) is 275 Å². The number of ether oxygens (including phenoxy) is 2. The Balaban J connectivity index is 2.32. The van der Waals surface area contributed by atoms with Crippen LogP contribution in [0.3, 0.4) is 0 Å². The van der Waals surface area contributed by atoms with Crippen molar-refractivity contribution in [1.82, 2.24) is 0 Å². The van der Waals surface area contributed by atoms with Crippen LogP contribution in [0, 0.1) is 0 Å². The van der Waals surface area contributed by atoms with Crippen LogP contribution in [0.15, 0.2) is 24.3 Å². The minimum Gasteiger partial charge on any atom is -0.457 e. The summed E-state index contributed by atoms with van der Waals surface area (Å²) in [5, 5.41) is 50.3. The third kappa shape index (κ3) is 33.3. The van der Waals surface area contributed by atoms with Crippen LogP contribution >= 0.6 is 7.82 Å². The summed E-state index contributed by atoms with van der Waals surface area (Å²) in [5.74, 6) is -0.474. The van der Waals surface area contributed by atoms with Crippen LogP contribution in [0.2, 0.25) is 0 Å². The second kappa shape index (κ2) is 42.0. The molecule has 0 heterocycles. The molecule has 0 amide bonds. The van der Waals surface area contributed by atoms with Gasteiger partial charge in [-0.15, -0.1) is 0 Å². The molecule has 0 saturated heterocycles. The van der Waals surface area contributed by atoms with Gasteiger partial charge >= 0.3 is 13.8 Å². The van der Waals surface area contributed by atoms with Crippen LogP contribution < -0.4 is 0 Å². The van der Waals surface area contributed by atoms with Crippen LogP contribution in [0.1, 0.15) is 232 Å². The molecule has 0 bridgehead atoms. The largest absolute Gasteiger partial charge is 0.472 e. The molecule has 1 saturated carbocycles. The fourth-order valence-corrected chi connectivity index (χ4v) is 9.12. The monoisotopic (exact) mass is 933 g/mol. The molecular weight excluding hydrogens is 836 g/mol. The van der Waals surface area contributed by atoms with Gasteiger partial charge in [-0.2, -0.15) is 0 Å². The molecule has 13 heteroatoms. The third-order valence-electron chi connectivity index (χ3n) is 12.3. The third-order valence-corrected chi connectivity index (χ3v) is 13.3. The van der Waals surface area contributed by atoms with E-state index in [4.69, 9.17) is 18.5 Å². The Morgan fingerprint density at radius 1 is 0.500 bits per heavy atom. The summed E-state index contributed by atoms with van der Waals surface area (Å²) in [7, 11) is -5.02. The lowest BCUT2D eigenvalue weighted by Gasteiger charge is -2.41. The van der Waals surface area contributed by atoms with Gasteiger partial charge in [0, 0.05) is 13.0 Å². The van der Waals surface area contributed by atoms with E-state index in [1.54, 1.807) is 0 Å². The van der Waals surface area contributed by atoms with E-state index in [0.29, 0.717) is 13.0 Å². The fraction of sp³-hybridized carbons (Fsp3) is 0.902. The number of esters is 1. The Kier molecular flexibility index (Phi) is 39.9. The van der Waals surface area contributed by atoms with Gasteiger partial charge in [-0.05, 0) is 44.9 Å². The van der Waals surface area contributed by atoms with Gasteiger partial charge in [0.05, 0.1) is 13.2 Å². The molecule has 1 rings (SSSR count). The molecule has 12 nitrogen and oxygen atoms in total. The smallest absolute Gasteiger partial charge is 0.457 e. The van der Waals surface area contributed by atoms with Crippen molar-refractivity contribution in [3.05, 3.63) is 24.3 Å². The first-order chi connectivity index (χ1) is 31.0. The summed E-state index contributed by atoms with van der Waals surface area (Å²) in [4.78, 5) is 23.2. The first kappa shape index (κ1) is 60.8. The average molecular weight is 933 g/mol. The van der Waals surface area contributed by atoms with Crippen molar-refractivity contribution in [2.24, 2.45) is 0 Å². The molecule has 378 valence electrons. The molecule has 0 aliphatic heterocycles. The number of hydrogen-bond donors (Lipinski definition) is 6. The Bertz CT molecular complexity index is 1150. The lowest BCUT2D eigenvalue weighted by molar-refractivity contribution is -0.220. The summed E-state index contributed by atoms with van der Waals surface area (Å²) in [5.41, 5.74) is 0. The van der Waals surface area contributed by atoms with Crippen molar-refractivity contribution >= 4 is 13.8 Å². The topological polar surface area (TPSA) is 192 Å². The molecular formula is C51H97O12P. The molecule has 1 fully saturated rings. The van der Waals surface area contributed by atoms with E-state index in [9.17, 15) is 39.8 Å². The van der Waals surface area contributed by atoms with Crippen LogP contribution in [0.25, 0.3) is 0 Å². The number of aliphatic hydroxyl groups excluding tert-OH is 5. The van der Waals surface area contributed by atoms with Crippen LogP contribution in [0.4, 0.5) is 0 Å². The highest BCUT2D eigenvalue weighted by molar-refractivity contribution is 7.47. The Labute approximate surface area is 390 Å². The fourth-order valence-electron chi connectivity index (χ4n) is 8.15. The summed E-state index contributed by atoms with van der Waals surface area (Å²) >= 11 is 0. The Morgan fingerprint density at radius 3 is 1.34 bits per heavy atom. The zero-order valence-corrected chi connectivity index (χ0v) is 41.5. The highest BCUT2D eigenvalue weighted by atomic mass is 31.2. The number of phosphoric ester groups is 1. The highest BCUT2D eigenvalue weighted by Crippen LogP contribution is 2.47. The van der Waals surface area contributed by atoms with Gasteiger partial charge in [-0.3, -0.25) is 13.8 Å². The van der Waals surface area contributed by atoms with E-state index in [1.807, 2.05) is 0 Å². The second-order valence-corrected chi connectivity index (χ2v) is 19.8. The summed E-state index contributed by atoms with van der Waals surface area (Å²) in [6.07, 6.45) is 36.7. The minimum absolute atomic E-state index is 0.0744. The number of carbonyl (C=O) groups excluding carboxylic acids is 1. The van der Waals surface area contributed by atoms with Crippen LogP contribution in [-0.4, -0.2) is 98.9 Å². The van der Waals surface area contributed by atoms with E-state index in [2.05, 4.69) is 38.2 Å². The van der Waals surface area contributed by atoms with E-state index < -0.39 is 63.1 Å². The summed E-state index contributed by atoms with van der Waals surface area (Å²) < 4.78 is 34.3. The molecule has 6 unspecified atom stereocenters. The van der Waals surface area contributed by atoms with Crippen LogP contribution in [-0.2, 0) is 27.9 Å². The molecule has 6 atom stereocenters. The maximum absolute atomic E-state index is 12.9. The first-order valence-electron chi connectivity index (χ1n) is 26.2. The lowest BCUT2D eigenvalue weighted by atomic mass is 9.85. The van der Waals surface area contributed by atoms with Gasteiger partial charge in [-0.1, -0.05) is 205 Å². The predicted octanol–water partition coefficient (Wildman–Crippen LogP) is 11.7. The molecule has 1 aliphatic rings. The number of allylic oxidation sites excluding steroid dienone is 4. The van der Waals surface area contributed by atoms with E-state index in [1.165, 1.54) is 161 Å². The molecule has 0 radical (unpaired) electrons. The molecule has 1 aliphatic carbocycles. The normalized spacial score (nSPS) is 21.8. The van der Waals surface area contributed by atoms with Gasteiger partial charge in [0.15, 0.2) is 0 Å². The van der Waals surface area contributed by atoms with Crippen molar-refractivity contribution < 1.29 is 58.3 Å². The van der Waals surface area contributed by atoms with Gasteiger partial charge in [0.25, 0.3) is 0 Å². The highest BCUT2D eigenvalue weighted by Gasteiger charge is 2.51. The number of phosphoric acid groups is 1. The molecule has 0 aromatic carbocycles. The Hall–Kier alpha value is -1.18. The Morgan fingerprint density at radius 2 is 0.875 bits per heavy atom. The van der Waals surface area contributed by atoms with Crippen molar-refractivity contribution in [3.63, 3.8) is 0 Å². The maximum atomic E-state index is 12.9. The number of carbonyl (C=O) groups is 1.